The Hall–Kier alpha value is -4.18. The first-order chi connectivity index (χ1) is 19.7. The van der Waals surface area contributed by atoms with E-state index < -0.39 is 0 Å². The van der Waals surface area contributed by atoms with Crippen LogP contribution in [0.5, 0.6) is 0 Å². The Kier molecular flexibility index (Phi) is 6.47. The Labute approximate surface area is 235 Å². The molecule has 200 valence electrons. The van der Waals surface area contributed by atoms with Gasteiger partial charge in [0.1, 0.15) is 12.4 Å². The fourth-order valence-corrected chi connectivity index (χ4v) is 7.20. The van der Waals surface area contributed by atoms with Gasteiger partial charge in [-0.05, 0) is 64.6 Å². The Morgan fingerprint density at radius 2 is 1.23 bits per heavy atom. The molecule has 3 aliphatic rings. The van der Waals surface area contributed by atoms with E-state index in [1.54, 1.807) is 0 Å². The molecule has 2 fully saturated rings. The largest absolute Gasteiger partial charge is 0.448 e. The van der Waals surface area contributed by atoms with E-state index in [0.717, 1.165) is 36.8 Å². The third-order valence-electron chi connectivity index (χ3n) is 9.17. The number of ether oxygens (including phenoxy) is 1. The number of benzene rings is 4. The third kappa shape index (κ3) is 4.52. The third-order valence-corrected chi connectivity index (χ3v) is 9.17. The molecular formula is C36H33NO3. The van der Waals surface area contributed by atoms with Crippen molar-refractivity contribution < 1.29 is 14.3 Å². The minimum atomic E-state index is -0.225. The number of piperidine rings is 1. The molecule has 4 aromatic rings. The zero-order valence-corrected chi connectivity index (χ0v) is 22.5. The van der Waals surface area contributed by atoms with Gasteiger partial charge in [-0.15, -0.1) is 0 Å². The lowest BCUT2D eigenvalue weighted by molar-refractivity contribution is -0.124. The van der Waals surface area contributed by atoms with Crippen LogP contribution in [0.15, 0.2) is 103 Å². The average molecular weight is 528 g/mol. The number of Topliss-reactive ketones (excluding diaryl/α,β-unsaturated/α-hetero) is 1. The number of fused-ring (bicyclic) bond motifs is 5. The molecule has 4 nitrogen and oxygen atoms in total. The molecule has 1 aliphatic carbocycles. The number of hydrogen-bond donors (Lipinski definition) is 0. The number of carbonyl (C=O) groups excluding carboxylic acids is 2. The van der Waals surface area contributed by atoms with Gasteiger partial charge in [-0.3, -0.25) is 4.79 Å². The highest BCUT2D eigenvalue weighted by molar-refractivity contribution is 5.84. The summed E-state index contributed by atoms with van der Waals surface area (Å²) in [5.41, 5.74) is 8.29. The molecule has 7 rings (SSSR count). The molecule has 0 aromatic heterocycles. The summed E-state index contributed by atoms with van der Waals surface area (Å²) in [5.74, 6) is 0.349. The molecule has 2 saturated heterocycles. The van der Waals surface area contributed by atoms with E-state index in [4.69, 9.17) is 4.74 Å². The molecule has 4 heteroatoms. The smallest absolute Gasteiger partial charge is 0.410 e. The van der Waals surface area contributed by atoms with Crippen LogP contribution in [-0.4, -0.2) is 35.5 Å². The molecule has 0 radical (unpaired) electrons. The highest BCUT2D eigenvalue weighted by atomic mass is 16.6. The van der Waals surface area contributed by atoms with Crippen LogP contribution in [0.3, 0.4) is 0 Å². The molecule has 2 heterocycles. The van der Waals surface area contributed by atoms with E-state index in [-0.39, 0.29) is 35.8 Å². The molecule has 0 spiro atoms. The number of rotatable bonds is 6. The Morgan fingerprint density at radius 1 is 0.675 bits per heavy atom. The van der Waals surface area contributed by atoms with E-state index in [0.29, 0.717) is 13.0 Å². The average Bonchev–Trinajstić information content (AvgIpc) is 3.46. The molecule has 0 N–H and O–H groups in total. The Balaban J connectivity index is 0.978. The standard InChI is InChI=1S/C36H33NO3/c38-35(20-24-14-16-26(17-15-24)25-8-2-1-3-9-25)27-21-28-18-19-29(22-27)37(28)36(39)40-23-34-32-12-6-4-10-30(32)31-11-5-7-13-33(31)34/h1-17,27-29,34H,18-23H2. The SMILES string of the molecule is O=C(Cc1ccc(-c2ccccc2)cc1)C1CC2CCC(C1)N2C(=O)OCC1c2ccccc2-c2ccccc21. The Morgan fingerprint density at radius 3 is 1.85 bits per heavy atom. The first kappa shape index (κ1) is 24.8. The van der Waals surface area contributed by atoms with Crippen molar-refractivity contribution in [3.63, 3.8) is 0 Å². The van der Waals surface area contributed by atoms with Crippen molar-refractivity contribution in [2.75, 3.05) is 6.61 Å². The van der Waals surface area contributed by atoms with Crippen molar-refractivity contribution in [1.29, 1.82) is 0 Å². The number of amides is 1. The second kappa shape index (κ2) is 10.4. The maximum Gasteiger partial charge on any atom is 0.410 e. The lowest BCUT2D eigenvalue weighted by Crippen LogP contribution is -2.48. The summed E-state index contributed by atoms with van der Waals surface area (Å²) in [6, 6.07) is 35.6. The van der Waals surface area contributed by atoms with Gasteiger partial charge in [0.25, 0.3) is 0 Å². The van der Waals surface area contributed by atoms with E-state index in [9.17, 15) is 9.59 Å². The van der Waals surface area contributed by atoms with Crippen LogP contribution in [0.1, 0.15) is 48.3 Å². The maximum atomic E-state index is 13.4. The molecule has 2 atom stereocenters. The van der Waals surface area contributed by atoms with Gasteiger partial charge in [-0.25, -0.2) is 4.79 Å². The summed E-state index contributed by atoms with van der Waals surface area (Å²) in [5, 5.41) is 0. The van der Waals surface area contributed by atoms with Gasteiger partial charge in [0, 0.05) is 30.3 Å². The first-order valence-electron chi connectivity index (χ1n) is 14.5. The van der Waals surface area contributed by atoms with Crippen molar-refractivity contribution in [3.8, 4) is 22.3 Å². The number of nitrogens with zero attached hydrogens (tertiary/aromatic N) is 1. The summed E-state index contributed by atoms with van der Waals surface area (Å²) in [4.78, 5) is 28.6. The summed E-state index contributed by atoms with van der Waals surface area (Å²) in [6.07, 6.45) is 3.60. The highest BCUT2D eigenvalue weighted by Gasteiger charge is 2.46. The minimum absolute atomic E-state index is 0.00364. The van der Waals surface area contributed by atoms with Crippen molar-refractivity contribution in [3.05, 3.63) is 120 Å². The first-order valence-corrected chi connectivity index (χ1v) is 14.5. The number of carbonyl (C=O) groups is 2. The van der Waals surface area contributed by atoms with Crippen LogP contribution in [0.4, 0.5) is 4.79 Å². The van der Waals surface area contributed by atoms with Gasteiger partial charge < -0.3 is 9.64 Å². The molecular weight excluding hydrogens is 494 g/mol. The minimum Gasteiger partial charge on any atom is -0.448 e. The summed E-state index contributed by atoms with van der Waals surface area (Å²) in [6.45, 7) is 0.337. The van der Waals surface area contributed by atoms with Gasteiger partial charge in [-0.1, -0.05) is 103 Å². The van der Waals surface area contributed by atoms with Gasteiger partial charge in [-0.2, -0.15) is 0 Å². The van der Waals surface area contributed by atoms with Crippen molar-refractivity contribution in [1.82, 2.24) is 4.90 Å². The quantitative estimate of drug-likeness (QED) is 0.259. The zero-order valence-electron chi connectivity index (χ0n) is 22.5. The summed E-state index contributed by atoms with van der Waals surface area (Å²) >= 11 is 0. The monoisotopic (exact) mass is 527 g/mol. The fraction of sp³-hybridized carbons (Fsp3) is 0.278. The van der Waals surface area contributed by atoms with Crippen molar-refractivity contribution >= 4 is 11.9 Å². The molecule has 1 amide bonds. The zero-order chi connectivity index (χ0) is 27.1. The van der Waals surface area contributed by atoms with Crippen LogP contribution >= 0.6 is 0 Å². The van der Waals surface area contributed by atoms with E-state index >= 15 is 0 Å². The highest BCUT2D eigenvalue weighted by Crippen LogP contribution is 2.45. The molecule has 2 bridgehead atoms. The molecule has 4 aromatic carbocycles. The van der Waals surface area contributed by atoms with Crippen LogP contribution in [0.25, 0.3) is 22.3 Å². The summed E-state index contributed by atoms with van der Waals surface area (Å²) in [7, 11) is 0. The molecule has 2 aliphatic heterocycles. The van der Waals surface area contributed by atoms with E-state index in [1.165, 1.54) is 27.8 Å². The van der Waals surface area contributed by atoms with Gasteiger partial charge >= 0.3 is 6.09 Å². The topological polar surface area (TPSA) is 46.6 Å². The molecule has 2 unspecified atom stereocenters. The Bertz CT molecular complexity index is 1480. The molecule has 0 saturated carbocycles. The molecule has 40 heavy (non-hydrogen) atoms. The summed E-state index contributed by atoms with van der Waals surface area (Å²) < 4.78 is 6.00. The second-order valence-corrected chi connectivity index (χ2v) is 11.5. The number of hydrogen-bond acceptors (Lipinski definition) is 3. The van der Waals surface area contributed by atoms with E-state index in [1.807, 2.05) is 23.1 Å². The lowest BCUT2D eigenvalue weighted by atomic mass is 9.85. The van der Waals surface area contributed by atoms with Gasteiger partial charge in [0.2, 0.25) is 0 Å². The van der Waals surface area contributed by atoms with Gasteiger partial charge in [0.15, 0.2) is 0 Å². The predicted molar refractivity (Wildman–Crippen MR) is 157 cm³/mol. The normalized spacial score (nSPS) is 21.1. The van der Waals surface area contributed by atoms with Crippen LogP contribution in [0.2, 0.25) is 0 Å². The maximum absolute atomic E-state index is 13.4. The van der Waals surface area contributed by atoms with E-state index in [2.05, 4.69) is 84.9 Å². The van der Waals surface area contributed by atoms with Gasteiger partial charge in [0.05, 0.1) is 0 Å². The van der Waals surface area contributed by atoms with Crippen molar-refractivity contribution in [2.45, 2.75) is 50.1 Å². The predicted octanol–water partition coefficient (Wildman–Crippen LogP) is 7.66. The lowest BCUT2D eigenvalue weighted by Gasteiger charge is -2.37. The van der Waals surface area contributed by atoms with Crippen LogP contribution in [0, 0.1) is 5.92 Å². The van der Waals surface area contributed by atoms with Crippen LogP contribution in [-0.2, 0) is 16.0 Å². The number of ketones is 1. The second-order valence-electron chi connectivity index (χ2n) is 11.5. The van der Waals surface area contributed by atoms with Crippen molar-refractivity contribution in [2.24, 2.45) is 5.92 Å². The fourth-order valence-electron chi connectivity index (χ4n) is 7.20. The van der Waals surface area contributed by atoms with Crippen LogP contribution < -0.4 is 0 Å².